The Hall–Kier alpha value is -1.19. The molecule has 1 aromatic carbocycles. The number of hydrogen-bond donors (Lipinski definition) is 1. The van der Waals surface area contributed by atoms with Crippen LogP contribution in [0.5, 0.6) is 0 Å². The topological polar surface area (TPSA) is 32.3 Å². The van der Waals surface area contributed by atoms with E-state index in [1.165, 1.54) is 11.1 Å². The molecule has 0 aromatic heterocycles. The van der Waals surface area contributed by atoms with Crippen molar-refractivity contribution in [2.45, 2.75) is 25.3 Å². The van der Waals surface area contributed by atoms with E-state index in [0.717, 1.165) is 32.2 Å². The Morgan fingerprint density at radius 3 is 2.95 bits per heavy atom. The average Bonchev–Trinajstić information content (AvgIpc) is 2.42. The quantitative estimate of drug-likeness (QED) is 0.794. The summed E-state index contributed by atoms with van der Waals surface area (Å²) in [6.45, 7) is 2.05. The molecule has 0 amide bonds. The van der Waals surface area contributed by atoms with Gasteiger partial charge in [-0.3, -0.25) is 0 Å². The minimum Gasteiger partial charge on any atom is -0.309 e. The molecular weight excluding hydrogens is 236 g/mol. The van der Waals surface area contributed by atoms with Gasteiger partial charge in [0.25, 0.3) is 0 Å². The molecule has 0 aliphatic carbocycles. The van der Waals surface area contributed by atoms with E-state index in [2.05, 4.69) is 48.6 Å². The van der Waals surface area contributed by atoms with Crippen LogP contribution >= 0.6 is 0 Å². The summed E-state index contributed by atoms with van der Waals surface area (Å²) in [5, 5.41) is 3.65. The van der Waals surface area contributed by atoms with Crippen LogP contribution in [0, 0.1) is 5.92 Å². The lowest BCUT2D eigenvalue weighted by Crippen LogP contribution is -2.38. The number of hydrogen-bond acceptors (Lipinski definition) is 3. The zero-order valence-corrected chi connectivity index (χ0v) is 11.9. The molecule has 2 atom stereocenters. The van der Waals surface area contributed by atoms with Crippen molar-refractivity contribution < 1.29 is 4.79 Å². The number of nitrogens with one attached hydrogen (secondary N) is 1. The van der Waals surface area contributed by atoms with Crippen LogP contribution in [0.1, 0.15) is 30.0 Å². The molecule has 0 spiro atoms. The van der Waals surface area contributed by atoms with Gasteiger partial charge < -0.3 is 15.0 Å². The van der Waals surface area contributed by atoms with E-state index in [1.807, 2.05) is 0 Å². The third-order valence-corrected chi connectivity index (χ3v) is 3.88. The Balaban J connectivity index is 2.19. The molecule has 1 aliphatic rings. The van der Waals surface area contributed by atoms with Crippen molar-refractivity contribution in [1.29, 1.82) is 0 Å². The molecule has 0 radical (unpaired) electrons. The highest BCUT2D eigenvalue weighted by atomic mass is 16.1. The normalized spacial score (nSPS) is 20.1. The van der Waals surface area contributed by atoms with E-state index < -0.39 is 0 Å². The summed E-state index contributed by atoms with van der Waals surface area (Å²) in [6, 6.07) is 9.08. The second-order valence-corrected chi connectivity index (χ2v) is 5.65. The Morgan fingerprint density at radius 2 is 2.21 bits per heavy atom. The summed E-state index contributed by atoms with van der Waals surface area (Å²) in [5.41, 5.74) is 2.88. The van der Waals surface area contributed by atoms with Crippen LogP contribution in [0.2, 0.25) is 0 Å². The van der Waals surface area contributed by atoms with Crippen molar-refractivity contribution in [3.05, 3.63) is 35.4 Å². The van der Waals surface area contributed by atoms with Crippen LogP contribution in [-0.4, -0.2) is 38.4 Å². The first-order chi connectivity index (χ1) is 9.22. The monoisotopic (exact) mass is 260 g/mol. The van der Waals surface area contributed by atoms with E-state index >= 15 is 0 Å². The standard InChI is InChI=1S/C16H24N2O/c1-18(2)12-14(7-5-11-19)16-15-8-4-3-6-13(15)9-10-17-16/h3-4,6,8,11,14,16-17H,5,7,9-10,12H2,1-2H3. The first-order valence-electron chi connectivity index (χ1n) is 7.12. The molecule has 0 bridgehead atoms. The Labute approximate surface area is 116 Å². The molecule has 1 N–H and O–H groups in total. The number of carbonyl (C=O) groups excluding carboxylic acids is 1. The molecular formula is C16H24N2O. The maximum Gasteiger partial charge on any atom is 0.120 e. The smallest absolute Gasteiger partial charge is 0.120 e. The average molecular weight is 260 g/mol. The molecule has 0 saturated heterocycles. The lowest BCUT2D eigenvalue weighted by Gasteiger charge is -2.34. The van der Waals surface area contributed by atoms with Crippen molar-refractivity contribution in [2.24, 2.45) is 5.92 Å². The maximum absolute atomic E-state index is 10.7. The Bertz CT molecular complexity index is 417. The minimum absolute atomic E-state index is 0.382. The van der Waals surface area contributed by atoms with E-state index in [4.69, 9.17) is 0 Å². The second kappa shape index (κ2) is 6.83. The van der Waals surface area contributed by atoms with E-state index in [9.17, 15) is 4.79 Å². The van der Waals surface area contributed by atoms with Gasteiger partial charge in [0.1, 0.15) is 6.29 Å². The van der Waals surface area contributed by atoms with Crippen LogP contribution < -0.4 is 5.32 Å². The van der Waals surface area contributed by atoms with Gasteiger partial charge in [0, 0.05) is 19.0 Å². The number of carbonyl (C=O) groups is 1. The van der Waals surface area contributed by atoms with Gasteiger partial charge in [-0.25, -0.2) is 0 Å². The van der Waals surface area contributed by atoms with Gasteiger partial charge in [-0.05, 0) is 50.5 Å². The molecule has 1 heterocycles. The summed E-state index contributed by atoms with van der Waals surface area (Å²) in [4.78, 5) is 12.9. The summed E-state index contributed by atoms with van der Waals surface area (Å²) >= 11 is 0. The zero-order chi connectivity index (χ0) is 13.7. The molecule has 1 aromatic rings. The second-order valence-electron chi connectivity index (χ2n) is 5.65. The third kappa shape index (κ3) is 3.64. The van der Waals surface area contributed by atoms with E-state index in [0.29, 0.717) is 18.4 Å². The number of fused-ring (bicyclic) bond motifs is 1. The van der Waals surface area contributed by atoms with Gasteiger partial charge in [-0.15, -0.1) is 0 Å². The molecule has 1 aliphatic heterocycles. The molecule has 104 valence electrons. The molecule has 0 fully saturated rings. The van der Waals surface area contributed by atoms with E-state index in [1.54, 1.807) is 0 Å². The number of rotatable bonds is 6. The van der Waals surface area contributed by atoms with Crippen LogP contribution in [0.25, 0.3) is 0 Å². The first-order valence-corrected chi connectivity index (χ1v) is 7.12. The fourth-order valence-electron chi connectivity index (χ4n) is 3.07. The highest BCUT2D eigenvalue weighted by molar-refractivity contribution is 5.49. The van der Waals surface area contributed by atoms with Gasteiger partial charge in [0.05, 0.1) is 0 Å². The van der Waals surface area contributed by atoms with E-state index in [-0.39, 0.29) is 0 Å². The van der Waals surface area contributed by atoms with Crippen LogP contribution in [-0.2, 0) is 11.2 Å². The molecule has 2 rings (SSSR count). The van der Waals surface area contributed by atoms with Crippen molar-refractivity contribution in [2.75, 3.05) is 27.2 Å². The lowest BCUT2D eigenvalue weighted by molar-refractivity contribution is -0.108. The number of benzene rings is 1. The molecule has 3 heteroatoms. The summed E-state index contributed by atoms with van der Waals surface area (Å²) in [7, 11) is 4.20. The number of aldehydes is 1. The fourth-order valence-corrected chi connectivity index (χ4v) is 3.07. The molecule has 19 heavy (non-hydrogen) atoms. The molecule has 3 nitrogen and oxygen atoms in total. The van der Waals surface area contributed by atoms with Gasteiger partial charge in [0.2, 0.25) is 0 Å². The first kappa shape index (κ1) is 14.2. The third-order valence-electron chi connectivity index (χ3n) is 3.88. The van der Waals surface area contributed by atoms with Gasteiger partial charge in [-0.1, -0.05) is 24.3 Å². The fraction of sp³-hybridized carbons (Fsp3) is 0.562. The highest BCUT2D eigenvalue weighted by Crippen LogP contribution is 2.31. The lowest BCUT2D eigenvalue weighted by atomic mass is 9.84. The van der Waals surface area contributed by atoms with Crippen LogP contribution in [0.15, 0.2) is 24.3 Å². The van der Waals surface area contributed by atoms with Crippen molar-refractivity contribution >= 4 is 6.29 Å². The summed E-state index contributed by atoms with van der Waals surface area (Å²) in [6.07, 6.45) is 3.75. The molecule has 2 unspecified atom stereocenters. The summed E-state index contributed by atoms with van der Waals surface area (Å²) in [5.74, 6) is 0.488. The maximum atomic E-state index is 10.7. The van der Waals surface area contributed by atoms with Gasteiger partial charge in [0.15, 0.2) is 0 Å². The highest BCUT2D eigenvalue weighted by Gasteiger charge is 2.27. The largest absolute Gasteiger partial charge is 0.309 e. The van der Waals surface area contributed by atoms with Crippen molar-refractivity contribution in [1.82, 2.24) is 10.2 Å². The summed E-state index contributed by atoms with van der Waals surface area (Å²) < 4.78 is 0. The minimum atomic E-state index is 0.382. The zero-order valence-electron chi connectivity index (χ0n) is 11.9. The van der Waals surface area contributed by atoms with Crippen molar-refractivity contribution in [3.8, 4) is 0 Å². The Morgan fingerprint density at radius 1 is 1.42 bits per heavy atom. The SMILES string of the molecule is CN(C)CC(CCC=O)C1NCCc2ccccc21. The molecule has 0 saturated carbocycles. The van der Waals surface area contributed by atoms with Crippen LogP contribution in [0.4, 0.5) is 0 Å². The van der Waals surface area contributed by atoms with Gasteiger partial charge in [-0.2, -0.15) is 0 Å². The van der Waals surface area contributed by atoms with Crippen LogP contribution in [0.3, 0.4) is 0 Å². The van der Waals surface area contributed by atoms with Crippen molar-refractivity contribution in [3.63, 3.8) is 0 Å². The Kier molecular flexibility index (Phi) is 5.11. The van der Waals surface area contributed by atoms with Gasteiger partial charge >= 0.3 is 0 Å². The predicted octanol–water partition coefficient (Wildman–Crippen LogP) is 2.03. The predicted molar refractivity (Wildman–Crippen MR) is 78.2 cm³/mol. The number of nitrogens with zero attached hydrogens (tertiary/aromatic N) is 1.